The fourth-order valence-electron chi connectivity index (χ4n) is 3.31. The summed E-state index contributed by atoms with van der Waals surface area (Å²) in [5.74, 6) is -1.37. The number of hydrogen-bond donors (Lipinski definition) is 3. The molecule has 3 N–H and O–H groups in total. The lowest BCUT2D eigenvalue weighted by molar-refractivity contribution is 0.0686. The molecule has 0 aliphatic carbocycles. The molecule has 8 nitrogen and oxygen atoms in total. The number of benzene rings is 1. The SMILES string of the molecule is Cc1[nH]nc(C(=O)O)c1S(=O)(=O)NC1CCCN(Cc2ccccc2)C1. The van der Waals surface area contributed by atoms with Crippen molar-refractivity contribution in [1.82, 2.24) is 19.8 Å². The van der Waals surface area contributed by atoms with Crippen LogP contribution in [-0.4, -0.2) is 53.7 Å². The molecule has 1 atom stereocenters. The van der Waals surface area contributed by atoms with Gasteiger partial charge in [-0.25, -0.2) is 17.9 Å². The first kappa shape index (κ1) is 18.6. The normalized spacial score (nSPS) is 18.7. The third kappa shape index (κ3) is 4.12. The number of sulfonamides is 1. The molecule has 1 saturated heterocycles. The summed E-state index contributed by atoms with van der Waals surface area (Å²) >= 11 is 0. The highest BCUT2D eigenvalue weighted by Crippen LogP contribution is 2.20. The van der Waals surface area contributed by atoms with Crippen LogP contribution < -0.4 is 4.72 Å². The molecule has 0 saturated carbocycles. The van der Waals surface area contributed by atoms with Gasteiger partial charge in [-0.3, -0.25) is 10.00 Å². The van der Waals surface area contributed by atoms with Gasteiger partial charge in [0.05, 0.1) is 5.69 Å². The van der Waals surface area contributed by atoms with Crippen LogP contribution in [0.1, 0.15) is 34.6 Å². The highest BCUT2D eigenvalue weighted by Gasteiger charge is 2.31. The standard InChI is InChI=1S/C17H22N4O4S/c1-12-16(15(17(22)23)19-18-12)26(24,25)20-14-8-5-9-21(11-14)10-13-6-3-2-4-7-13/h2-4,6-7,14,20H,5,8-11H2,1H3,(H,18,19)(H,22,23). The molecule has 1 aliphatic heterocycles. The Balaban J connectivity index is 1.72. The Labute approximate surface area is 152 Å². The zero-order chi connectivity index (χ0) is 18.7. The minimum Gasteiger partial charge on any atom is -0.476 e. The number of aryl methyl sites for hydroxylation is 1. The van der Waals surface area contributed by atoms with Crippen LogP contribution in [0.5, 0.6) is 0 Å². The van der Waals surface area contributed by atoms with E-state index in [-0.39, 0.29) is 16.6 Å². The summed E-state index contributed by atoms with van der Waals surface area (Å²) in [5, 5.41) is 15.2. The molecule has 1 aliphatic rings. The smallest absolute Gasteiger partial charge is 0.357 e. The molecule has 0 spiro atoms. The molecule has 1 unspecified atom stereocenters. The fraction of sp³-hybridized carbons (Fsp3) is 0.412. The average Bonchev–Trinajstić information content (AvgIpc) is 2.98. The van der Waals surface area contributed by atoms with Crippen molar-refractivity contribution >= 4 is 16.0 Å². The number of piperidine rings is 1. The molecule has 26 heavy (non-hydrogen) atoms. The van der Waals surface area contributed by atoms with Gasteiger partial charge in [-0.1, -0.05) is 30.3 Å². The van der Waals surface area contributed by atoms with E-state index >= 15 is 0 Å². The van der Waals surface area contributed by atoms with E-state index < -0.39 is 21.7 Å². The first-order valence-electron chi connectivity index (χ1n) is 8.43. The summed E-state index contributed by atoms with van der Waals surface area (Å²) in [7, 11) is -3.97. The first-order valence-corrected chi connectivity index (χ1v) is 9.92. The van der Waals surface area contributed by atoms with Gasteiger partial charge >= 0.3 is 5.97 Å². The van der Waals surface area contributed by atoms with Gasteiger partial charge < -0.3 is 5.11 Å². The molecule has 3 rings (SSSR count). The summed E-state index contributed by atoms with van der Waals surface area (Å²) in [5.41, 5.74) is 0.911. The van der Waals surface area contributed by atoms with Crippen LogP contribution in [0.3, 0.4) is 0 Å². The second-order valence-corrected chi connectivity index (χ2v) is 8.16. The largest absolute Gasteiger partial charge is 0.476 e. The van der Waals surface area contributed by atoms with Gasteiger partial charge in [0.1, 0.15) is 4.90 Å². The van der Waals surface area contributed by atoms with Crippen molar-refractivity contribution in [2.24, 2.45) is 0 Å². The predicted molar refractivity (Wildman–Crippen MR) is 95.3 cm³/mol. The lowest BCUT2D eigenvalue weighted by Gasteiger charge is -2.33. The van der Waals surface area contributed by atoms with Crippen LogP contribution in [-0.2, 0) is 16.6 Å². The van der Waals surface area contributed by atoms with Gasteiger partial charge in [-0.15, -0.1) is 0 Å². The molecule has 140 valence electrons. The zero-order valence-corrected chi connectivity index (χ0v) is 15.3. The minimum atomic E-state index is -3.97. The number of carbonyl (C=O) groups is 1. The van der Waals surface area contributed by atoms with Gasteiger partial charge in [-0.2, -0.15) is 5.10 Å². The van der Waals surface area contributed by atoms with Crippen LogP contribution in [0.2, 0.25) is 0 Å². The third-order valence-electron chi connectivity index (χ3n) is 4.44. The summed E-state index contributed by atoms with van der Waals surface area (Å²) in [6, 6.07) is 9.74. The number of H-pyrrole nitrogens is 1. The molecule has 0 bridgehead atoms. The maximum atomic E-state index is 12.7. The van der Waals surface area contributed by atoms with Crippen molar-refractivity contribution in [2.45, 2.75) is 37.2 Å². The predicted octanol–water partition coefficient (Wildman–Crippen LogP) is 1.36. The number of aromatic amines is 1. The Hall–Kier alpha value is -2.23. The third-order valence-corrected chi connectivity index (χ3v) is 6.12. The van der Waals surface area contributed by atoms with Gasteiger partial charge in [-0.05, 0) is 31.9 Å². The number of nitrogens with zero attached hydrogens (tertiary/aromatic N) is 2. The number of nitrogens with one attached hydrogen (secondary N) is 2. The van der Waals surface area contributed by atoms with E-state index in [0.29, 0.717) is 13.0 Å². The number of hydrogen-bond acceptors (Lipinski definition) is 5. The van der Waals surface area contributed by atoms with Crippen LogP contribution in [0, 0.1) is 6.92 Å². The molecular formula is C17H22N4O4S. The Morgan fingerprint density at radius 1 is 1.38 bits per heavy atom. The van der Waals surface area contributed by atoms with E-state index in [4.69, 9.17) is 0 Å². The van der Waals surface area contributed by atoms with Crippen molar-refractivity contribution in [3.8, 4) is 0 Å². The van der Waals surface area contributed by atoms with Crippen molar-refractivity contribution in [3.63, 3.8) is 0 Å². The van der Waals surface area contributed by atoms with Gasteiger partial charge in [0, 0.05) is 19.1 Å². The number of aromatic nitrogens is 2. The lowest BCUT2D eigenvalue weighted by Crippen LogP contribution is -2.47. The van der Waals surface area contributed by atoms with Crippen LogP contribution in [0.15, 0.2) is 35.2 Å². The monoisotopic (exact) mass is 378 g/mol. The zero-order valence-electron chi connectivity index (χ0n) is 14.5. The second-order valence-electron chi connectivity index (χ2n) is 6.51. The van der Waals surface area contributed by atoms with Crippen LogP contribution in [0.4, 0.5) is 0 Å². The molecule has 0 radical (unpaired) electrons. The van der Waals surface area contributed by atoms with Gasteiger partial charge in [0.15, 0.2) is 5.69 Å². The van der Waals surface area contributed by atoms with E-state index in [2.05, 4.69) is 19.8 Å². The van der Waals surface area contributed by atoms with E-state index in [1.807, 2.05) is 30.3 Å². The maximum absolute atomic E-state index is 12.7. The quantitative estimate of drug-likeness (QED) is 0.699. The van der Waals surface area contributed by atoms with Crippen LogP contribution >= 0.6 is 0 Å². The molecule has 1 aromatic carbocycles. The number of carboxylic acid groups (broad SMARTS) is 1. The molecular weight excluding hydrogens is 356 g/mol. The minimum absolute atomic E-state index is 0.215. The first-order chi connectivity index (χ1) is 12.4. The molecule has 2 aromatic rings. The summed E-state index contributed by atoms with van der Waals surface area (Å²) < 4.78 is 28.1. The highest BCUT2D eigenvalue weighted by atomic mass is 32.2. The maximum Gasteiger partial charge on any atom is 0.357 e. The van der Waals surface area contributed by atoms with Gasteiger partial charge in [0.2, 0.25) is 10.0 Å². The topological polar surface area (TPSA) is 115 Å². The number of rotatable bonds is 6. The lowest BCUT2D eigenvalue weighted by atomic mass is 10.1. The Morgan fingerprint density at radius 3 is 2.81 bits per heavy atom. The van der Waals surface area contributed by atoms with E-state index in [1.54, 1.807) is 0 Å². The Bertz CT molecular complexity index is 879. The van der Waals surface area contributed by atoms with E-state index in [0.717, 1.165) is 19.5 Å². The molecule has 2 heterocycles. The van der Waals surface area contributed by atoms with Crippen molar-refractivity contribution in [1.29, 1.82) is 0 Å². The van der Waals surface area contributed by atoms with Crippen molar-refractivity contribution in [3.05, 3.63) is 47.3 Å². The highest BCUT2D eigenvalue weighted by molar-refractivity contribution is 7.89. The average molecular weight is 378 g/mol. The summed E-state index contributed by atoms with van der Waals surface area (Å²) in [6.07, 6.45) is 1.58. The summed E-state index contributed by atoms with van der Waals surface area (Å²) in [4.78, 5) is 13.2. The van der Waals surface area contributed by atoms with Crippen molar-refractivity contribution in [2.75, 3.05) is 13.1 Å². The molecule has 0 amide bonds. The number of carboxylic acids is 1. The molecule has 1 aromatic heterocycles. The number of aromatic carboxylic acids is 1. The van der Waals surface area contributed by atoms with E-state index in [1.165, 1.54) is 12.5 Å². The Morgan fingerprint density at radius 2 is 2.12 bits per heavy atom. The van der Waals surface area contributed by atoms with E-state index in [9.17, 15) is 18.3 Å². The molecule has 1 fully saturated rings. The second kappa shape index (κ2) is 7.56. The van der Waals surface area contributed by atoms with Crippen molar-refractivity contribution < 1.29 is 18.3 Å². The van der Waals surface area contributed by atoms with Crippen LogP contribution in [0.25, 0.3) is 0 Å². The summed E-state index contributed by atoms with van der Waals surface area (Å²) in [6.45, 7) is 3.73. The fourth-order valence-corrected chi connectivity index (χ4v) is 4.89. The molecule has 9 heteroatoms. The Kier molecular flexibility index (Phi) is 5.40. The number of likely N-dealkylation sites (tertiary alicyclic amines) is 1. The van der Waals surface area contributed by atoms with Gasteiger partial charge in [0.25, 0.3) is 0 Å².